The van der Waals surface area contributed by atoms with E-state index >= 15 is 0 Å². The van der Waals surface area contributed by atoms with Crippen molar-refractivity contribution in [3.8, 4) is 22.6 Å². The summed E-state index contributed by atoms with van der Waals surface area (Å²) in [6.45, 7) is 3.83. The molecule has 1 fully saturated rings. The van der Waals surface area contributed by atoms with Crippen LogP contribution in [-0.4, -0.2) is 48.3 Å². The van der Waals surface area contributed by atoms with Crippen LogP contribution in [0.3, 0.4) is 0 Å². The minimum absolute atomic E-state index is 0.639. The summed E-state index contributed by atoms with van der Waals surface area (Å²) in [5.74, 6) is 0.648. The molecule has 0 saturated carbocycles. The van der Waals surface area contributed by atoms with E-state index in [-0.39, 0.29) is 0 Å². The summed E-state index contributed by atoms with van der Waals surface area (Å²) in [7, 11) is 2.12. The van der Waals surface area contributed by atoms with Crippen LogP contribution in [-0.2, 0) is 0 Å². The Labute approximate surface area is 163 Å². The van der Waals surface area contributed by atoms with Gasteiger partial charge in [-0.2, -0.15) is 0 Å². The second-order valence-electron chi connectivity index (χ2n) is 6.55. The highest BCUT2D eigenvalue weighted by molar-refractivity contribution is 6.33. The summed E-state index contributed by atoms with van der Waals surface area (Å²) in [6.07, 6.45) is 0. The van der Waals surface area contributed by atoms with Gasteiger partial charge in [-0.05, 0) is 31.3 Å². The predicted molar refractivity (Wildman–Crippen MR) is 106 cm³/mol. The van der Waals surface area contributed by atoms with Crippen molar-refractivity contribution in [1.82, 2.24) is 15.1 Å². The average molecular weight is 382 g/mol. The molecule has 4 rings (SSSR count). The Morgan fingerprint density at radius 1 is 1.00 bits per heavy atom. The molecule has 0 aliphatic carbocycles. The summed E-state index contributed by atoms with van der Waals surface area (Å²) >= 11 is 6.22. The summed E-state index contributed by atoms with van der Waals surface area (Å²) < 4.78 is 5.46. The molecule has 6 nitrogen and oxygen atoms in total. The number of nitrogens with zero attached hydrogens (tertiary/aromatic N) is 5. The topological polar surface area (TPSA) is 57.2 Å². The fourth-order valence-corrected chi connectivity index (χ4v) is 3.13. The largest absolute Gasteiger partial charge is 0.356 e. The van der Waals surface area contributed by atoms with Crippen molar-refractivity contribution in [2.45, 2.75) is 0 Å². The molecule has 7 heteroatoms. The van der Waals surface area contributed by atoms with Crippen molar-refractivity contribution in [3.05, 3.63) is 59.6 Å². The van der Waals surface area contributed by atoms with Gasteiger partial charge in [-0.3, -0.25) is 5.01 Å². The molecule has 2 aromatic carbocycles. The highest BCUT2D eigenvalue weighted by Crippen LogP contribution is 2.31. The molecule has 0 amide bonds. The fraction of sp³-hybridized carbons (Fsp3) is 0.250. The average Bonchev–Trinajstić information content (AvgIpc) is 3.18. The maximum absolute atomic E-state index is 6.22. The first-order valence-corrected chi connectivity index (χ1v) is 9.24. The van der Waals surface area contributed by atoms with E-state index in [0.717, 1.165) is 48.7 Å². The van der Waals surface area contributed by atoms with Crippen LogP contribution in [0.2, 0.25) is 5.02 Å². The third-order valence-corrected chi connectivity index (χ3v) is 4.91. The SMILES string of the molecule is CN1CCN(N=Nc2ccc(-c3cc(-c4ccccc4Cl)on3)cc2)CC1. The molecule has 1 saturated heterocycles. The van der Waals surface area contributed by atoms with E-state index in [1.165, 1.54) is 0 Å². The van der Waals surface area contributed by atoms with Gasteiger partial charge in [0, 0.05) is 30.3 Å². The summed E-state index contributed by atoms with van der Waals surface area (Å²) in [6, 6.07) is 17.2. The van der Waals surface area contributed by atoms with Crippen LogP contribution >= 0.6 is 11.6 Å². The Kier molecular flexibility index (Phi) is 5.18. The van der Waals surface area contributed by atoms with Crippen LogP contribution in [0.15, 0.2) is 69.5 Å². The molecule has 0 atom stereocenters. The van der Waals surface area contributed by atoms with Crippen LogP contribution < -0.4 is 0 Å². The van der Waals surface area contributed by atoms with Gasteiger partial charge in [0.05, 0.1) is 23.8 Å². The van der Waals surface area contributed by atoms with Crippen LogP contribution in [0, 0.1) is 0 Å². The molecule has 1 aliphatic rings. The molecule has 1 aliphatic heterocycles. The van der Waals surface area contributed by atoms with Crippen LogP contribution in [0.4, 0.5) is 5.69 Å². The monoisotopic (exact) mass is 381 g/mol. The third-order valence-electron chi connectivity index (χ3n) is 4.58. The molecule has 0 radical (unpaired) electrons. The van der Waals surface area contributed by atoms with E-state index in [2.05, 4.69) is 27.4 Å². The highest BCUT2D eigenvalue weighted by Gasteiger charge is 2.12. The number of aromatic nitrogens is 1. The molecule has 27 heavy (non-hydrogen) atoms. The first-order valence-electron chi connectivity index (χ1n) is 8.86. The van der Waals surface area contributed by atoms with Crippen molar-refractivity contribution >= 4 is 17.3 Å². The molecule has 0 bridgehead atoms. The van der Waals surface area contributed by atoms with Crippen molar-refractivity contribution in [2.24, 2.45) is 10.3 Å². The molecule has 138 valence electrons. The summed E-state index contributed by atoms with van der Waals surface area (Å²) in [4.78, 5) is 2.29. The standard InChI is InChI=1S/C20H20ClN5O/c1-25-10-12-26(13-11-25)24-22-16-8-6-15(7-9-16)19-14-20(27-23-19)17-4-2-3-5-18(17)21/h2-9,14H,10-13H2,1H3. The van der Waals surface area contributed by atoms with E-state index in [9.17, 15) is 0 Å². The molecule has 3 aromatic rings. The van der Waals surface area contributed by atoms with Crippen LogP contribution in [0.5, 0.6) is 0 Å². The van der Waals surface area contributed by atoms with Crippen LogP contribution in [0.1, 0.15) is 0 Å². The molecular weight excluding hydrogens is 362 g/mol. The Bertz CT molecular complexity index is 930. The summed E-state index contributed by atoms with van der Waals surface area (Å²) in [5, 5.41) is 15.5. The smallest absolute Gasteiger partial charge is 0.168 e. The number of hydrogen-bond donors (Lipinski definition) is 0. The zero-order valence-corrected chi connectivity index (χ0v) is 15.8. The molecular formula is C20H20ClN5O. The molecule has 2 heterocycles. The Morgan fingerprint density at radius 3 is 2.48 bits per heavy atom. The molecule has 0 N–H and O–H groups in total. The first-order chi connectivity index (χ1) is 13.2. The fourth-order valence-electron chi connectivity index (χ4n) is 2.90. The van der Waals surface area contributed by atoms with Gasteiger partial charge in [0.2, 0.25) is 0 Å². The minimum Gasteiger partial charge on any atom is -0.356 e. The molecule has 0 unspecified atom stereocenters. The third kappa shape index (κ3) is 4.18. The van der Waals surface area contributed by atoms with Crippen molar-refractivity contribution < 1.29 is 4.52 Å². The number of rotatable bonds is 4. The Morgan fingerprint density at radius 2 is 1.74 bits per heavy atom. The van der Waals surface area contributed by atoms with Gasteiger partial charge in [-0.1, -0.05) is 46.2 Å². The van der Waals surface area contributed by atoms with Crippen LogP contribution in [0.25, 0.3) is 22.6 Å². The lowest BCUT2D eigenvalue weighted by Gasteiger charge is -2.29. The summed E-state index contributed by atoms with van der Waals surface area (Å²) in [5.41, 5.74) is 3.35. The molecule has 0 spiro atoms. The minimum atomic E-state index is 0.639. The second-order valence-corrected chi connectivity index (χ2v) is 6.96. The van der Waals surface area contributed by atoms with Gasteiger partial charge >= 0.3 is 0 Å². The Balaban J connectivity index is 1.46. The number of piperazine rings is 1. The van der Waals surface area contributed by atoms with E-state index < -0.39 is 0 Å². The predicted octanol–water partition coefficient (Wildman–Crippen LogP) is 4.91. The van der Waals surface area contributed by atoms with E-state index in [1.807, 2.05) is 59.6 Å². The van der Waals surface area contributed by atoms with Gasteiger partial charge in [0.1, 0.15) is 5.69 Å². The van der Waals surface area contributed by atoms with E-state index in [4.69, 9.17) is 16.1 Å². The normalized spacial score (nSPS) is 15.6. The number of hydrogen-bond acceptors (Lipinski definition) is 5. The van der Waals surface area contributed by atoms with Gasteiger partial charge in [0.25, 0.3) is 0 Å². The lowest BCUT2D eigenvalue weighted by Crippen LogP contribution is -2.41. The Hall–Kier alpha value is -2.70. The van der Waals surface area contributed by atoms with E-state index in [0.29, 0.717) is 10.8 Å². The first kappa shape index (κ1) is 17.7. The zero-order valence-electron chi connectivity index (χ0n) is 15.0. The number of halogens is 1. The number of likely N-dealkylation sites (N-methyl/N-ethyl adjacent to an activating group) is 1. The van der Waals surface area contributed by atoms with Crippen molar-refractivity contribution in [1.29, 1.82) is 0 Å². The zero-order chi connectivity index (χ0) is 18.6. The lowest BCUT2D eigenvalue weighted by atomic mass is 10.1. The highest BCUT2D eigenvalue weighted by atomic mass is 35.5. The maximum Gasteiger partial charge on any atom is 0.168 e. The van der Waals surface area contributed by atoms with Gasteiger partial charge in [0.15, 0.2) is 5.76 Å². The second kappa shape index (κ2) is 7.90. The van der Waals surface area contributed by atoms with Gasteiger partial charge < -0.3 is 9.42 Å². The molecule has 1 aromatic heterocycles. The lowest BCUT2D eigenvalue weighted by molar-refractivity contribution is 0.150. The van der Waals surface area contributed by atoms with Gasteiger partial charge in [-0.25, -0.2) is 0 Å². The maximum atomic E-state index is 6.22. The van der Waals surface area contributed by atoms with Crippen molar-refractivity contribution in [3.63, 3.8) is 0 Å². The quantitative estimate of drug-likeness (QED) is 0.602. The van der Waals surface area contributed by atoms with Gasteiger partial charge in [-0.15, -0.1) is 5.11 Å². The van der Waals surface area contributed by atoms with E-state index in [1.54, 1.807) is 0 Å². The van der Waals surface area contributed by atoms with Crippen molar-refractivity contribution in [2.75, 3.05) is 33.2 Å². The number of benzene rings is 2.